The van der Waals surface area contributed by atoms with Crippen molar-refractivity contribution in [3.63, 3.8) is 0 Å². The van der Waals surface area contributed by atoms with Crippen LogP contribution in [0.2, 0.25) is 0 Å². The summed E-state index contributed by atoms with van der Waals surface area (Å²) in [5.41, 5.74) is -0.185. The molecule has 21 heavy (non-hydrogen) atoms. The summed E-state index contributed by atoms with van der Waals surface area (Å²) in [5, 5.41) is 3.09. The molecule has 6 heteroatoms. The molecule has 0 radical (unpaired) electrons. The summed E-state index contributed by atoms with van der Waals surface area (Å²) in [7, 11) is 0. The van der Waals surface area contributed by atoms with Crippen LogP contribution in [0.1, 0.15) is 35.4 Å². The Labute approximate surface area is 119 Å². The van der Waals surface area contributed by atoms with Gasteiger partial charge in [0.1, 0.15) is 11.6 Å². The van der Waals surface area contributed by atoms with E-state index in [0.29, 0.717) is 17.9 Å². The quantitative estimate of drug-likeness (QED) is 0.844. The maximum Gasteiger partial charge on any atom is 0.419 e. The van der Waals surface area contributed by atoms with Crippen LogP contribution in [0.3, 0.4) is 0 Å². The molecule has 1 N–H and O–H groups in total. The zero-order valence-electron chi connectivity index (χ0n) is 11.6. The molecule has 0 aliphatic rings. The number of hydrogen-bond acceptors (Lipinski definition) is 2. The first-order valence-corrected chi connectivity index (χ1v) is 6.48. The Balaban J connectivity index is 2.49. The smallest absolute Gasteiger partial charge is 0.419 e. The van der Waals surface area contributed by atoms with Gasteiger partial charge in [0.15, 0.2) is 0 Å². The third-order valence-corrected chi connectivity index (χ3v) is 3.25. The van der Waals surface area contributed by atoms with Crippen molar-refractivity contribution in [2.24, 2.45) is 0 Å². The number of aryl methyl sites for hydroxylation is 1. The minimum absolute atomic E-state index is 0.343. The molecule has 0 bridgehead atoms. The largest absolute Gasteiger partial charge is 0.469 e. The van der Waals surface area contributed by atoms with Gasteiger partial charge in [0.25, 0.3) is 0 Å². The van der Waals surface area contributed by atoms with Gasteiger partial charge in [-0.15, -0.1) is 0 Å². The average molecular weight is 301 g/mol. The van der Waals surface area contributed by atoms with Crippen molar-refractivity contribution >= 4 is 0 Å². The number of alkyl halides is 3. The molecule has 1 heterocycles. The van der Waals surface area contributed by atoms with E-state index in [1.165, 1.54) is 12.3 Å². The minimum atomic E-state index is -4.72. The van der Waals surface area contributed by atoms with Gasteiger partial charge in [-0.1, -0.05) is 13.0 Å². The molecule has 0 aliphatic heterocycles. The molecule has 0 aliphatic carbocycles. The monoisotopic (exact) mass is 301 g/mol. The Kier molecular flexibility index (Phi) is 4.37. The first-order chi connectivity index (χ1) is 9.84. The molecule has 1 aromatic heterocycles. The summed E-state index contributed by atoms with van der Waals surface area (Å²) in [5.74, 6) is -0.663. The van der Waals surface area contributed by atoms with Crippen LogP contribution in [0.25, 0.3) is 0 Å². The fraction of sp³-hybridized carbons (Fsp3) is 0.333. The first kappa shape index (κ1) is 15.6. The highest BCUT2D eigenvalue weighted by Gasteiger charge is 2.35. The maximum atomic E-state index is 13.4. The van der Waals surface area contributed by atoms with Crippen molar-refractivity contribution in [2.75, 3.05) is 6.54 Å². The number of halogens is 4. The van der Waals surface area contributed by atoms with Crippen molar-refractivity contribution in [3.05, 3.63) is 58.8 Å². The van der Waals surface area contributed by atoms with Crippen LogP contribution in [0.5, 0.6) is 0 Å². The summed E-state index contributed by atoms with van der Waals surface area (Å²) in [6.07, 6.45) is -3.24. The van der Waals surface area contributed by atoms with Crippen molar-refractivity contribution in [1.29, 1.82) is 0 Å². The fourth-order valence-corrected chi connectivity index (χ4v) is 2.25. The van der Waals surface area contributed by atoms with E-state index in [1.54, 1.807) is 13.0 Å². The molecule has 1 aromatic carbocycles. The molecule has 0 amide bonds. The summed E-state index contributed by atoms with van der Waals surface area (Å²) >= 11 is 0. The van der Waals surface area contributed by atoms with Crippen LogP contribution < -0.4 is 5.32 Å². The first-order valence-electron chi connectivity index (χ1n) is 6.48. The van der Waals surface area contributed by atoms with Gasteiger partial charge in [-0.25, -0.2) is 4.39 Å². The predicted octanol–water partition coefficient (Wildman–Crippen LogP) is 4.44. The van der Waals surface area contributed by atoms with Crippen LogP contribution in [0.15, 0.2) is 34.9 Å². The third kappa shape index (κ3) is 3.26. The Morgan fingerprint density at radius 3 is 2.48 bits per heavy atom. The normalized spacial score (nSPS) is 13.4. The second-order valence-electron chi connectivity index (χ2n) is 4.66. The molecule has 1 atom stereocenters. The molecule has 0 saturated carbocycles. The van der Waals surface area contributed by atoms with E-state index >= 15 is 0 Å². The molecule has 0 fully saturated rings. The van der Waals surface area contributed by atoms with Gasteiger partial charge in [0.2, 0.25) is 0 Å². The highest BCUT2D eigenvalue weighted by molar-refractivity contribution is 5.36. The average Bonchev–Trinajstić information content (AvgIpc) is 2.82. The lowest BCUT2D eigenvalue weighted by molar-refractivity contribution is -0.140. The summed E-state index contributed by atoms with van der Waals surface area (Å²) in [6, 6.07) is 4.26. The Hall–Kier alpha value is -1.82. The summed E-state index contributed by atoms with van der Waals surface area (Å²) in [4.78, 5) is 0. The molecule has 2 aromatic rings. The number of hydrogen-bond donors (Lipinski definition) is 1. The second-order valence-corrected chi connectivity index (χ2v) is 4.66. The third-order valence-electron chi connectivity index (χ3n) is 3.25. The molecule has 1 unspecified atom stereocenters. The highest BCUT2D eigenvalue weighted by atomic mass is 19.4. The van der Waals surface area contributed by atoms with Crippen molar-refractivity contribution in [1.82, 2.24) is 5.32 Å². The zero-order chi connectivity index (χ0) is 15.6. The molecule has 2 nitrogen and oxygen atoms in total. The molecule has 0 saturated heterocycles. The molecular weight excluding hydrogens is 286 g/mol. The Morgan fingerprint density at radius 1 is 1.24 bits per heavy atom. The predicted molar refractivity (Wildman–Crippen MR) is 70.4 cm³/mol. The lowest BCUT2D eigenvalue weighted by atomic mass is 9.97. The molecule has 0 spiro atoms. The van der Waals surface area contributed by atoms with Crippen molar-refractivity contribution in [3.8, 4) is 0 Å². The second kappa shape index (κ2) is 5.89. The fourth-order valence-electron chi connectivity index (χ4n) is 2.25. The molecule has 2 rings (SSSR count). The van der Waals surface area contributed by atoms with Crippen LogP contribution in [-0.2, 0) is 6.18 Å². The van der Waals surface area contributed by atoms with Crippen LogP contribution >= 0.6 is 0 Å². The van der Waals surface area contributed by atoms with Gasteiger partial charge in [0.05, 0.1) is 17.9 Å². The van der Waals surface area contributed by atoms with E-state index < -0.39 is 23.6 Å². The van der Waals surface area contributed by atoms with Gasteiger partial charge in [-0.2, -0.15) is 13.2 Å². The maximum absolute atomic E-state index is 13.4. The van der Waals surface area contributed by atoms with Crippen molar-refractivity contribution in [2.45, 2.75) is 26.1 Å². The van der Waals surface area contributed by atoms with Gasteiger partial charge in [-0.05, 0) is 37.2 Å². The van der Waals surface area contributed by atoms with E-state index in [4.69, 9.17) is 4.42 Å². The lowest BCUT2D eigenvalue weighted by Gasteiger charge is -2.19. The van der Waals surface area contributed by atoms with E-state index in [-0.39, 0.29) is 0 Å². The topological polar surface area (TPSA) is 25.2 Å². The highest BCUT2D eigenvalue weighted by Crippen LogP contribution is 2.34. The molecule has 114 valence electrons. The SMILES string of the molecule is CCNC(c1ccc(F)c(C(F)(F)F)c1)c1ccoc1C. The van der Waals surface area contributed by atoms with E-state index in [0.717, 1.165) is 17.7 Å². The van der Waals surface area contributed by atoms with Gasteiger partial charge in [-0.3, -0.25) is 0 Å². The Bertz CT molecular complexity index is 618. The number of nitrogens with one attached hydrogen (secondary N) is 1. The van der Waals surface area contributed by atoms with Crippen molar-refractivity contribution < 1.29 is 22.0 Å². The van der Waals surface area contributed by atoms with E-state index in [9.17, 15) is 17.6 Å². The van der Waals surface area contributed by atoms with Gasteiger partial charge in [0, 0.05) is 5.56 Å². The summed E-state index contributed by atoms with van der Waals surface area (Å²) in [6.45, 7) is 4.12. The standard InChI is InChI=1S/C15H15F4NO/c1-3-20-14(11-6-7-21-9(11)2)10-4-5-13(16)12(8-10)15(17,18)19/h4-8,14,20H,3H2,1-2H3. The number of benzene rings is 1. The minimum Gasteiger partial charge on any atom is -0.469 e. The van der Waals surface area contributed by atoms with Gasteiger partial charge >= 0.3 is 6.18 Å². The van der Waals surface area contributed by atoms with E-state index in [2.05, 4.69) is 5.32 Å². The van der Waals surface area contributed by atoms with E-state index in [1.807, 2.05) is 6.92 Å². The molecular formula is C15H15F4NO. The Morgan fingerprint density at radius 2 is 1.95 bits per heavy atom. The number of furan rings is 1. The summed E-state index contributed by atoms with van der Waals surface area (Å²) < 4.78 is 57.0. The number of rotatable bonds is 4. The van der Waals surface area contributed by atoms with Crippen LogP contribution in [-0.4, -0.2) is 6.54 Å². The van der Waals surface area contributed by atoms with Crippen LogP contribution in [0.4, 0.5) is 17.6 Å². The lowest BCUT2D eigenvalue weighted by Crippen LogP contribution is -2.23. The van der Waals surface area contributed by atoms with Gasteiger partial charge < -0.3 is 9.73 Å². The zero-order valence-corrected chi connectivity index (χ0v) is 11.6. The van der Waals surface area contributed by atoms with Crippen LogP contribution in [0, 0.1) is 12.7 Å².